The van der Waals surface area contributed by atoms with Gasteiger partial charge in [0.05, 0.1) is 30.7 Å². The molecule has 360 valence electrons. The lowest BCUT2D eigenvalue weighted by Gasteiger charge is -2.27. The third-order valence-electron chi connectivity index (χ3n) is 11.3. The smallest absolute Gasteiger partial charge is 0.237 e. The Hall–Kier alpha value is -7.48. The van der Waals surface area contributed by atoms with Crippen molar-refractivity contribution in [2.45, 2.75) is 38.4 Å². The first-order valence-corrected chi connectivity index (χ1v) is 23.6. The molecule has 6 aromatic carbocycles. The average molecular weight is 939 g/mol. The van der Waals surface area contributed by atoms with Gasteiger partial charge in [-0.05, 0) is 84.9 Å². The van der Waals surface area contributed by atoms with Crippen LogP contribution < -0.4 is 14.8 Å². The largest absolute Gasteiger partial charge is 0.490 e. The van der Waals surface area contributed by atoms with Crippen LogP contribution in [0.3, 0.4) is 0 Å². The Kier molecular flexibility index (Phi) is 19.4. The minimum Gasteiger partial charge on any atom is -0.490 e. The van der Waals surface area contributed by atoms with Crippen molar-refractivity contribution in [3.8, 4) is 11.5 Å². The molecule has 8 aromatic rings. The predicted molar refractivity (Wildman–Crippen MR) is 276 cm³/mol. The van der Waals surface area contributed by atoms with Gasteiger partial charge in [0.15, 0.2) is 0 Å². The lowest BCUT2D eigenvalue weighted by Crippen LogP contribution is -2.41. The number of amides is 2. The van der Waals surface area contributed by atoms with Crippen molar-refractivity contribution in [2.24, 2.45) is 0 Å². The Morgan fingerprint density at radius 1 is 0.600 bits per heavy atom. The van der Waals surface area contributed by atoms with Crippen LogP contribution in [-0.2, 0) is 40.5 Å². The van der Waals surface area contributed by atoms with Crippen LogP contribution in [0, 0.1) is 0 Å². The Morgan fingerprint density at radius 2 is 1.03 bits per heavy atom. The maximum absolute atomic E-state index is 13.2. The second-order valence-electron chi connectivity index (χ2n) is 17.1. The molecule has 3 heterocycles. The van der Waals surface area contributed by atoms with Gasteiger partial charge in [0, 0.05) is 55.9 Å². The first-order valence-electron chi connectivity index (χ1n) is 23.6. The number of hydrogen-bond acceptors (Lipinski definition) is 10. The Labute approximate surface area is 411 Å². The zero-order valence-corrected chi connectivity index (χ0v) is 39.9. The average Bonchev–Trinajstić information content (AvgIpc) is 4.23. The third-order valence-corrected chi connectivity index (χ3v) is 11.3. The van der Waals surface area contributed by atoms with Gasteiger partial charge in [-0.25, -0.2) is 0 Å². The van der Waals surface area contributed by atoms with Gasteiger partial charge in [-0.2, -0.15) is 0 Å². The lowest BCUT2D eigenvalue weighted by molar-refractivity contribution is -0.134. The van der Waals surface area contributed by atoms with Crippen molar-refractivity contribution in [3.63, 3.8) is 0 Å². The molecule has 12 nitrogen and oxygen atoms in total. The van der Waals surface area contributed by atoms with Crippen molar-refractivity contribution in [1.82, 2.24) is 30.0 Å². The van der Waals surface area contributed by atoms with E-state index in [0.717, 1.165) is 56.4 Å². The number of aliphatic hydroxyl groups is 1. The summed E-state index contributed by atoms with van der Waals surface area (Å²) in [4.78, 5) is 39.6. The second-order valence-corrected chi connectivity index (χ2v) is 17.1. The highest BCUT2D eigenvalue weighted by molar-refractivity contribution is 5.85. The zero-order chi connectivity index (χ0) is 48.8. The molecule has 1 saturated heterocycles. The van der Waals surface area contributed by atoms with E-state index in [2.05, 4.69) is 15.3 Å². The standard InChI is InChI=1S/C29H31N3O3.C17H20N2O.C12H11NO2/c1-31(20-25(33)22-35-28-16-8-15-27-26(28)14-9-17-30-27)21-29(34)32(18-23-10-4-2-5-11-23)19-24-12-6-3-7-13-24;1-18-12-17(20)19(13-15-8-4-2-5-9-15)14-16-10-6-3-7-11-16;1-4-11-10(3-2-6-13-11)12(5-1)15-8-9-7-14-9/h2-17,25,33H,18-22H2,1H3;2-11,18H,12-14H2,1H3;1-6,9H,7-8H2/t25-;;9-/m1.0/s1. The summed E-state index contributed by atoms with van der Waals surface area (Å²) >= 11 is 0. The van der Waals surface area contributed by atoms with E-state index >= 15 is 0 Å². The Bertz CT molecular complexity index is 2710. The fourth-order valence-corrected chi connectivity index (χ4v) is 7.69. The van der Waals surface area contributed by atoms with Gasteiger partial charge in [-0.1, -0.05) is 133 Å². The summed E-state index contributed by atoms with van der Waals surface area (Å²) < 4.78 is 16.7. The molecule has 2 aromatic heterocycles. The molecule has 0 unspecified atom stereocenters. The van der Waals surface area contributed by atoms with Crippen molar-refractivity contribution in [2.75, 3.05) is 53.6 Å². The molecule has 12 heteroatoms. The number of nitrogens with zero attached hydrogens (tertiary/aromatic N) is 5. The summed E-state index contributed by atoms with van der Waals surface area (Å²) in [7, 11) is 3.63. The number of likely N-dealkylation sites (N-methyl/N-ethyl adjacent to an activating group) is 2. The van der Waals surface area contributed by atoms with Gasteiger partial charge in [0.25, 0.3) is 0 Å². The van der Waals surface area contributed by atoms with Crippen LogP contribution in [0.2, 0.25) is 0 Å². The van der Waals surface area contributed by atoms with Gasteiger partial charge >= 0.3 is 0 Å². The van der Waals surface area contributed by atoms with Gasteiger partial charge < -0.3 is 34.4 Å². The lowest BCUT2D eigenvalue weighted by atomic mass is 10.1. The number of fused-ring (bicyclic) bond motifs is 2. The molecule has 0 spiro atoms. The number of nitrogens with one attached hydrogen (secondary N) is 1. The van der Waals surface area contributed by atoms with E-state index in [9.17, 15) is 14.7 Å². The molecule has 0 radical (unpaired) electrons. The number of carbonyl (C=O) groups is 2. The molecule has 2 N–H and O–H groups in total. The van der Waals surface area contributed by atoms with E-state index in [1.807, 2.05) is 204 Å². The van der Waals surface area contributed by atoms with Crippen LogP contribution in [0.1, 0.15) is 22.3 Å². The normalized spacial score (nSPS) is 13.0. The van der Waals surface area contributed by atoms with Gasteiger partial charge in [-0.15, -0.1) is 0 Å². The zero-order valence-electron chi connectivity index (χ0n) is 39.9. The molecule has 2 atom stereocenters. The minimum absolute atomic E-state index is 0.00783. The van der Waals surface area contributed by atoms with E-state index < -0.39 is 6.10 Å². The number of carbonyl (C=O) groups excluding carboxylic acids is 2. The first kappa shape index (κ1) is 50.4. The van der Waals surface area contributed by atoms with E-state index in [4.69, 9.17) is 14.2 Å². The summed E-state index contributed by atoms with van der Waals surface area (Å²) in [5.74, 6) is 1.69. The maximum Gasteiger partial charge on any atom is 0.237 e. The summed E-state index contributed by atoms with van der Waals surface area (Å²) in [6, 6.07) is 59.5. The molecule has 70 heavy (non-hydrogen) atoms. The van der Waals surface area contributed by atoms with Crippen LogP contribution in [0.15, 0.2) is 194 Å². The number of hydrogen-bond donors (Lipinski definition) is 2. The van der Waals surface area contributed by atoms with Crippen LogP contribution in [0.4, 0.5) is 0 Å². The maximum atomic E-state index is 13.2. The number of ether oxygens (including phenoxy) is 3. The fraction of sp³-hybridized carbons (Fsp3) is 0.241. The quantitative estimate of drug-likeness (QED) is 0.0717. The summed E-state index contributed by atoms with van der Waals surface area (Å²) in [5, 5.41) is 15.5. The number of pyridine rings is 2. The van der Waals surface area contributed by atoms with E-state index in [-0.39, 0.29) is 31.1 Å². The van der Waals surface area contributed by atoms with Crippen molar-refractivity contribution in [1.29, 1.82) is 0 Å². The Balaban J connectivity index is 0.000000172. The Morgan fingerprint density at radius 3 is 1.46 bits per heavy atom. The highest BCUT2D eigenvalue weighted by Gasteiger charge is 2.23. The number of aliphatic hydroxyl groups excluding tert-OH is 1. The van der Waals surface area contributed by atoms with Crippen molar-refractivity contribution < 1.29 is 28.9 Å². The van der Waals surface area contributed by atoms with E-state index in [1.54, 1.807) is 19.4 Å². The molecule has 1 aliphatic rings. The van der Waals surface area contributed by atoms with Crippen LogP contribution in [0.25, 0.3) is 21.8 Å². The van der Waals surface area contributed by atoms with Crippen molar-refractivity contribution >= 4 is 33.6 Å². The van der Waals surface area contributed by atoms with Crippen LogP contribution >= 0.6 is 0 Å². The number of benzene rings is 6. The molecule has 0 bridgehead atoms. The molecule has 2 amide bonds. The first-order chi connectivity index (χ1) is 34.3. The third kappa shape index (κ3) is 16.3. The van der Waals surface area contributed by atoms with Gasteiger partial charge in [0.2, 0.25) is 11.8 Å². The number of rotatable bonds is 20. The summed E-state index contributed by atoms with van der Waals surface area (Å²) in [5.41, 5.74) is 6.27. The van der Waals surface area contributed by atoms with Gasteiger partial charge in [-0.3, -0.25) is 24.5 Å². The van der Waals surface area contributed by atoms with E-state index in [0.29, 0.717) is 51.6 Å². The fourth-order valence-electron chi connectivity index (χ4n) is 7.69. The highest BCUT2D eigenvalue weighted by atomic mass is 16.6. The minimum atomic E-state index is -0.739. The van der Waals surface area contributed by atoms with Gasteiger partial charge in [0.1, 0.15) is 36.9 Å². The molecular formula is C58H62N6O6. The molecular weight excluding hydrogens is 877 g/mol. The molecule has 1 fully saturated rings. The molecule has 0 aliphatic carbocycles. The van der Waals surface area contributed by atoms with E-state index in [1.165, 1.54) is 0 Å². The summed E-state index contributed by atoms with van der Waals surface area (Å²) in [6.07, 6.45) is 3.08. The predicted octanol–water partition coefficient (Wildman–Crippen LogP) is 8.58. The number of aromatic nitrogens is 2. The van der Waals surface area contributed by atoms with Crippen LogP contribution in [-0.4, -0.2) is 107 Å². The van der Waals surface area contributed by atoms with Crippen LogP contribution in [0.5, 0.6) is 11.5 Å². The SMILES string of the molecule is CN(CC(=O)N(Cc1ccccc1)Cc1ccccc1)C[C@@H](O)COc1cccc2ncccc12.CNCC(=O)N(Cc1ccccc1)Cc1ccccc1.c1cc(OC[C@@H]2CO2)c2cccnc2c1. The highest BCUT2D eigenvalue weighted by Crippen LogP contribution is 2.26. The second kappa shape index (κ2) is 26.9. The van der Waals surface area contributed by atoms with Crippen molar-refractivity contribution in [3.05, 3.63) is 217 Å². The summed E-state index contributed by atoms with van der Waals surface area (Å²) in [6.45, 7) is 4.80. The molecule has 1 aliphatic heterocycles. The monoisotopic (exact) mass is 938 g/mol. The topological polar surface area (TPSA) is 133 Å². The molecule has 9 rings (SSSR count). The molecule has 0 saturated carbocycles. The number of epoxide rings is 1.